The van der Waals surface area contributed by atoms with Crippen LogP contribution in [0.5, 0.6) is 5.75 Å². The van der Waals surface area contributed by atoms with E-state index in [2.05, 4.69) is 40.8 Å². The smallest absolute Gasteiger partial charge is 0.196 e. The van der Waals surface area contributed by atoms with Crippen molar-refractivity contribution in [1.82, 2.24) is 0 Å². The summed E-state index contributed by atoms with van der Waals surface area (Å²) in [6.45, 7) is 0. The molecule has 0 atom stereocenters. The van der Waals surface area contributed by atoms with Crippen LogP contribution in [0.15, 0.2) is 36.4 Å². The Labute approximate surface area is 102 Å². The Bertz CT molecular complexity index is 546. The molecule has 73 valence electrons. The van der Waals surface area contributed by atoms with E-state index in [0.717, 1.165) is 21.1 Å². The molecule has 0 aromatic heterocycles. The molecule has 0 saturated carbocycles. The molecule has 0 fully saturated rings. The van der Waals surface area contributed by atoms with Crippen molar-refractivity contribution < 1.29 is 5.11 Å². The zero-order chi connectivity index (χ0) is 10.4. The SMILES string of the molecule is [O]c1c(I)ccc2c1Cc1ccccc1-2. The normalized spacial score (nSPS) is 12.3. The molecule has 1 nitrogen and oxygen atoms in total. The molecular formula is C13H8IO. The van der Waals surface area contributed by atoms with Crippen molar-refractivity contribution in [3.05, 3.63) is 51.1 Å². The second-order valence-electron chi connectivity index (χ2n) is 3.74. The van der Waals surface area contributed by atoms with Gasteiger partial charge in [-0.05, 0) is 45.3 Å². The second-order valence-corrected chi connectivity index (χ2v) is 4.90. The summed E-state index contributed by atoms with van der Waals surface area (Å²) in [5, 5.41) is 11.9. The predicted octanol–water partition coefficient (Wildman–Crippen LogP) is 4.01. The van der Waals surface area contributed by atoms with Crippen LogP contribution in [-0.4, -0.2) is 0 Å². The quantitative estimate of drug-likeness (QED) is 0.559. The molecule has 0 aliphatic heterocycles. The summed E-state index contributed by atoms with van der Waals surface area (Å²) in [4.78, 5) is 0. The second kappa shape index (κ2) is 3.23. The molecule has 0 N–H and O–H groups in total. The minimum Gasteiger partial charge on any atom is -0.288 e. The molecule has 2 heteroatoms. The van der Waals surface area contributed by atoms with Crippen LogP contribution in [0.1, 0.15) is 11.1 Å². The highest BCUT2D eigenvalue weighted by Gasteiger charge is 2.22. The third-order valence-electron chi connectivity index (χ3n) is 2.89. The fourth-order valence-corrected chi connectivity index (χ4v) is 2.66. The van der Waals surface area contributed by atoms with Gasteiger partial charge in [0.1, 0.15) is 0 Å². The molecule has 0 unspecified atom stereocenters. The maximum atomic E-state index is 11.9. The molecule has 1 aliphatic carbocycles. The van der Waals surface area contributed by atoms with Gasteiger partial charge >= 0.3 is 0 Å². The van der Waals surface area contributed by atoms with Gasteiger partial charge < -0.3 is 0 Å². The monoisotopic (exact) mass is 307 g/mol. The molecule has 0 amide bonds. The third kappa shape index (κ3) is 1.28. The van der Waals surface area contributed by atoms with Gasteiger partial charge in [-0.1, -0.05) is 30.3 Å². The van der Waals surface area contributed by atoms with Crippen LogP contribution in [0.2, 0.25) is 0 Å². The lowest BCUT2D eigenvalue weighted by atomic mass is 10.1. The summed E-state index contributed by atoms with van der Waals surface area (Å²) in [6.07, 6.45) is 0.793. The largest absolute Gasteiger partial charge is 0.288 e. The number of hydrogen-bond donors (Lipinski definition) is 0. The van der Waals surface area contributed by atoms with Gasteiger partial charge in [0.25, 0.3) is 0 Å². The average molecular weight is 307 g/mol. The van der Waals surface area contributed by atoms with Crippen LogP contribution in [0, 0.1) is 3.57 Å². The first-order chi connectivity index (χ1) is 7.27. The van der Waals surface area contributed by atoms with Gasteiger partial charge in [-0.25, -0.2) is 0 Å². The zero-order valence-electron chi connectivity index (χ0n) is 7.96. The predicted molar refractivity (Wildman–Crippen MR) is 67.5 cm³/mol. The summed E-state index contributed by atoms with van der Waals surface area (Å²) in [5.74, 6) is 0.198. The Hall–Kier alpha value is -1.03. The number of fused-ring (bicyclic) bond motifs is 3. The van der Waals surface area contributed by atoms with Crippen molar-refractivity contribution in [1.29, 1.82) is 0 Å². The molecule has 2 aromatic rings. The summed E-state index contributed by atoms with van der Waals surface area (Å²) in [5.41, 5.74) is 4.58. The van der Waals surface area contributed by atoms with Crippen LogP contribution in [-0.2, 0) is 11.5 Å². The molecule has 15 heavy (non-hydrogen) atoms. The number of benzene rings is 2. The summed E-state index contributed by atoms with van der Waals surface area (Å²) in [6, 6.07) is 12.2. The fourth-order valence-electron chi connectivity index (χ4n) is 2.15. The molecule has 1 radical (unpaired) electrons. The molecule has 0 spiro atoms. The van der Waals surface area contributed by atoms with Crippen molar-refractivity contribution >= 4 is 22.6 Å². The Kier molecular flexibility index (Phi) is 1.99. The van der Waals surface area contributed by atoms with Crippen molar-refractivity contribution in [3.63, 3.8) is 0 Å². The highest BCUT2D eigenvalue weighted by atomic mass is 127. The van der Waals surface area contributed by atoms with Crippen LogP contribution in [0.25, 0.3) is 11.1 Å². The van der Waals surface area contributed by atoms with E-state index < -0.39 is 0 Å². The maximum absolute atomic E-state index is 11.9. The molecule has 1 aliphatic rings. The lowest BCUT2D eigenvalue weighted by Crippen LogP contribution is -1.83. The lowest BCUT2D eigenvalue weighted by molar-refractivity contribution is 0.348. The topological polar surface area (TPSA) is 19.9 Å². The Morgan fingerprint density at radius 3 is 2.67 bits per heavy atom. The molecule has 3 rings (SSSR count). The average Bonchev–Trinajstić information content (AvgIpc) is 2.63. The first-order valence-electron chi connectivity index (χ1n) is 4.84. The van der Waals surface area contributed by atoms with Crippen molar-refractivity contribution in [2.75, 3.05) is 0 Å². The summed E-state index contributed by atoms with van der Waals surface area (Å²) < 4.78 is 0.819. The van der Waals surface area contributed by atoms with Crippen LogP contribution < -0.4 is 0 Å². The van der Waals surface area contributed by atoms with Gasteiger partial charge in [0.15, 0.2) is 5.75 Å². The zero-order valence-corrected chi connectivity index (χ0v) is 10.1. The van der Waals surface area contributed by atoms with Crippen LogP contribution in [0.3, 0.4) is 0 Å². The summed E-state index contributed by atoms with van der Waals surface area (Å²) in [7, 11) is 0. The number of halogens is 1. The van der Waals surface area contributed by atoms with E-state index in [1.54, 1.807) is 0 Å². The fraction of sp³-hybridized carbons (Fsp3) is 0.0769. The van der Waals surface area contributed by atoms with E-state index in [-0.39, 0.29) is 5.75 Å². The summed E-state index contributed by atoms with van der Waals surface area (Å²) >= 11 is 2.10. The van der Waals surface area contributed by atoms with Crippen LogP contribution >= 0.6 is 22.6 Å². The first kappa shape index (κ1) is 9.21. The van der Waals surface area contributed by atoms with E-state index in [9.17, 15) is 5.11 Å². The van der Waals surface area contributed by atoms with Crippen LogP contribution in [0.4, 0.5) is 0 Å². The highest BCUT2D eigenvalue weighted by molar-refractivity contribution is 14.1. The van der Waals surface area contributed by atoms with Gasteiger partial charge in [0.2, 0.25) is 0 Å². The highest BCUT2D eigenvalue weighted by Crippen LogP contribution is 2.42. The molecule has 0 saturated heterocycles. The minimum atomic E-state index is 0.198. The maximum Gasteiger partial charge on any atom is 0.196 e. The Morgan fingerprint density at radius 1 is 1.00 bits per heavy atom. The standard InChI is InChI=1S/C13H8IO/c14-12-6-5-10-9-4-2-1-3-8(9)7-11(10)13(12)15/h1-6H,7H2. The third-order valence-corrected chi connectivity index (χ3v) is 3.74. The Morgan fingerprint density at radius 2 is 1.80 bits per heavy atom. The molecular weight excluding hydrogens is 299 g/mol. The van der Waals surface area contributed by atoms with E-state index in [4.69, 9.17) is 0 Å². The lowest BCUT2D eigenvalue weighted by Gasteiger charge is -2.02. The molecule has 0 heterocycles. The number of rotatable bonds is 0. The first-order valence-corrected chi connectivity index (χ1v) is 5.92. The van der Waals surface area contributed by atoms with E-state index in [1.165, 1.54) is 11.1 Å². The van der Waals surface area contributed by atoms with Gasteiger partial charge in [-0.2, -0.15) is 0 Å². The van der Waals surface area contributed by atoms with Gasteiger partial charge in [0, 0.05) is 12.0 Å². The van der Waals surface area contributed by atoms with Gasteiger partial charge in [-0.3, -0.25) is 5.11 Å². The molecule has 2 aromatic carbocycles. The van der Waals surface area contributed by atoms with Crippen molar-refractivity contribution in [2.24, 2.45) is 0 Å². The van der Waals surface area contributed by atoms with Crippen molar-refractivity contribution in [2.45, 2.75) is 6.42 Å². The van der Waals surface area contributed by atoms with E-state index >= 15 is 0 Å². The van der Waals surface area contributed by atoms with E-state index in [1.807, 2.05) is 18.2 Å². The van der Waals surface area contributed by atoms with Gasteiger partial charge in [0.05, 0.1) is 3.57 Å². The Balaban J connectivity index is 2.31. The molecule has 0 bridgehead atoms. The van der Waals surface area contributed by atoms with Gasteiger partial charge in [-0.15, -0.1) is 0 Å². The van der Waals surface area contributed by atoms with Crippen molar-refractivity contribution in [3.8, 4) is 16.9 Å². The van der Waals surface area contributed by atoms with E-state index in [0.29, 0.717) is 0 Å². The minimum absolute atomic E-state index is 0.198. The number of hydrogen-bond acceptors (Lipinski definition) is 0.